The summed E-state index contributed by atoms with van der Waals surface area (Å²) >= 11 is 12.4. The van der Waals surface area contributed by atoms with Gasteiger partial charge in [0.2, 0.25) is 0 Å². The molecule has 0 spiro atoms. The molecular weight excluding hydrogens is 389 g/mol. The number of carbonyl (C=O) groups excluding carboxylic acids is 2. The van der Waals surface area contributed by atoms with Crippen molar-refractivity contribution in [1.82, 2.24) is 4.98 Å². The monoisotopic (exact) mass is 403 g/mol. The zero-order valence-corrected chi connectivity index (χ0v) is 16.1. The smallest absolute Gasteiger partial charge is 0.349 e. The Bertz CT molecular complexity index is 1030. The number of pyridine rings is 1. The number of ether oxygens (including phenoxy) is 2. The molecular formula is C20H15Cl2NO4. The Balaban J connectivity index is 1.76. The Morgan fingerprint density at radius 3 is 2.41 bits per heavy atom. The first kappa shape index (κ1) is 19.1. The molecule has 5 nitrogen and oxygen atoms in total. The second kappa shape index (κ2) is 7.94. The predicted molar refractivity (Wildman–Crippen MR) is 104 cm³/mol. The maximum Gasteiger partial charge on any atom is 0.349 e. The van der Waals surface area contributed by atoms with Gasteiger partial charge in [0.05, 0.1) is 10.0 Å². The maximum absolute atomic E-state index is 12.2. The molecule has 1 aromatic heterocycles. The van der Waals surface area contributed by atoms with Gasteiger partial charge in [0.1, 0.15) is 11.3 Å². The molecule has 0 saturated carbocycles. The third kappa shape index (κ3) is 4.38. The summed E-state index contributed by atoms with van der Waals surface area (Å²) in [6, 6.07) is 11.6. The van der Waals surface area contributed by atoms with Crippen molar-refractivity contribution in [2.24, 2.45) is 0 Å². The lowest BCUT2D eigenvalue weighted by Crippen LogP contribution is -2.18. The number of fused-ring (bicyclic) bond motifs is 1. The number of hydrogen-bond acceptors (Lipinski definition) is 5. The molecule has 2 aromatic carbocycles. The Labute approximate surface area is 165 Å². The van der Waals surface area contributed by atoms with Crippen LogP contribution in [0.2, 0.25) is 10.0 Å². The lowest BCUT2D eigenvalue weighted by Gasteiger charge is -2.11. The summed E-state index contributed by atoms with van der Waals surface area (Å²) in [4.78, 5) is 27.9. The number of carbonyl (C=O) groups is 2. The van der Waals surface area contributed by atoms with Crippen LogP contribution in [0.15, 0.2) is 42.5 Å². The first-order valence-corrected chi connectivity index (χ1v) is 8.80. The molecule has 3 aromatic rings. The van der Waals surface area contributed by atoms with Gasteiger partial charge in [-0.05, 0) is 56.3 Å². The molecule has 0 fully saturated rings. The number of nitrogens with zero attached hydrogens (tertiary/aromatic N) is 1. The molecule has 0 aliphatic rings. The highest BCUT2D eigenvalue weighted by atomic mass is 35.5. The number of aryl methyl sites for hydroxylation is 1. The van der Waals surface area contributed by atoms with Crippen LogP contribution >= 0.6 is 23.2 Å². The average molecular weight is 404 g/mol. The summed E-state index contributed by atoms with van der Waals surface area (Å²) in [6.07, 6.45) is 0. The normalized spacial score (nSPS) is 10.7. The highest BCUT2D eigenvalue weighted by Crippen LogP contribution is 2.37. The van der Waals surface area contributed by atoms with Crippen molar-refractivity contribution in [3.8, 4) is 11.5 Å². The first-order chi connectivity index (χ1) is 12.8. The van der Waals surface area contributed by atoms with E-state index in [0.717, 1.165) is 5.69 Å². The predicted octanol–water partition coefficient (Wildman–Crippen LogP) is 5.04. The molecule has 0 atom stereocenters. The second-order valence-electron chi connectivity index (χ2n) is 5.86. The topological polar surface area (TPSA) is 65.5 Å². The number of aromatic nitrogens is 1. The van der Waals surface area contributed by atoms with Gasteiger partial charge in [-0.1, -0.05) is 23.2 Å². The van der Waals surface area contributed by atoms with Gasteiger partial charge in [0.25, 0.3) is 0 Å². The highest BCUT2D eigenvalue weighted by Gasteiger charge is 2.17. The minimum Gasteiger partial charge on any atom is -0.482 e. The van der Waals surface area contributed by atoms with E-state index in [-0.39, 0.29) is 23.2 Å². The fraction of sp³-hybridized carbons (Fsp3) is 0.150. The van der Waals surface area contributed by atoms with Crippen molar-refractivity contribution in [2.75, 3.05) is 6.61 Å². The van der Waals surface area contributed by atoms with Crippen molar-refractivity contribution in [3.63, 3.8) is 0 Å². The first-order valence-electron chi connectivity index (χ1n) is 8.05. The molecule has 0 bridgehead atoms. The van der Waals surface area contributed by atoms with Gasteiger partial charge < -0.3 is 9.47 Å². The van der Waals surface area contributed by atoms with E-state index in [1.165, 1.54) is 13.0 Å². The lowest BCUT2D eigenvalue weighted by atomic mass is 10.1. The second-order valence-corrected chi connectivity index (χ2v) is 6.68. The summed E-state index contributed by atoms with van der Waals surface area (Å²) in [6.45, 7) is 2.96. The van der Waals surface area contributed by atoms with Crippen molar-refractivity contribution in [1.29, 1.82) is 0 Å². The van der Waals surface area contributed by atoms with E-state index in [9.17, 15) is 9.59 Å². The van der Waals surface area contributed by atoms with E-state index in [1.54, 1.807) is 30.3 Å². The van der Waals surface area contributed by atoms with Crippen LogP contribution in [-0.4, -0.2) is 23.3 Å². The van der Waals surface area contributed by atoms with Gasteiger partial charge in [0.15, 0.2) is 18.1 Å². The van der Waals surface area contributed by atoms with Crippen molar-refractivity contribution < 1.29 is 19.1 Å². The molecule has 0 unspecified atom stereocenters. The molecule has 7 heteroatoms. The highest BCUT2D eigenvalue weighted by molar-refractivity contribution is 6.39. The number of hydrogen-bond donors (Lipinski definition) is 0. The minimum atomic E-state index is -0.639. The average Bonchev–Trinajstić information content (AvgIpc) is 2.63. The molecule has 0 radical (unpaired) electrons. The van der Waals surface area contributed by atoms with Gasteiger partial charge in [-0.25, -0.2) is 9.78 Å². The quantitative estimate of drug-likeness (QED) is 0.339. The maximum atomic E-state index is 12.2. The molecule has 0 aliphatic heterocycles. The van der Waals surface area contributed by atoms with Crippen LogP contribution in [-0.2, 0) is 4.79 Å². The fourth-order valence-corrected chi connectivity index (χ4v) is 3.01. The zero-order valence-electron chi connectivity index (χ0n) is 14.6. The van der Waals surface area contributed by atoms with E-state index in [0.29, 0.717) is 27.2 Å². The fourth-order valence-electron chi connectivity index (χ4n) is 2.46. The summed E-state index contributed by atoms with van der Waals surface area (Å²) in [5.74, 6) is -0.106. The zero-order chi connectivity index (χ0) is 19.6. The van der Waals surface area contributed by atoms with E-state index in [2.05, 4.69) is 4.98 Å². The largest absolute Gasteiger partial charge is 0.482 e. The van der Waals surface area contributed by atoms with Gasteiger partial charge in [0, 0.05) is 16.6 Å². The molecule has 138 valence electrons. The SMILES string of the molecule is CC(=O)c1ccc(OCC(=O)Oc2c(Cl)cc(Cl)c3ccc(C)nc23)cc1. The van der Waals surface area contributed by atoms with E-state index < -0.39 is 5.97 Å². The summed E-state index contributed by atoms with van der Waals surface area (Å²) < 4.78 is 10.8. The molecule has 0 saturated heterocycles. The molecule has 0 aliphatic carbocycles. The van der Waals surface area contributed by atoms with E-state index in [1.807, 2.05) is 13.0 Å². The third-order valence-corrected chi connectivity index (χ3v) is 4.40. The molecule has 27 heavy (non-hydrogen) atoms. The minimum absolute atomic E-state index is 0.0481. The Morgan fingerprint density at radius 1 is 1.04 bits per heavy atom. The summed E-state index contributed by atoms with van der Waals surface area (Å²) in [7, 11) is 0. The Hall–Kier alpha value is -2.63. The standard InChI is InChI=1S/C20H15Cl2NO4/c1-11-3-8-15-16(21)9-17(22)20(19(15)23-11)27-18(25)10-26-14-6-4-13(5-7-14)12(2)24/h3-9H,10H2,1-2H3. The molecule has 3 rings (SSSR count). The van der Waals surface area contributed by atoms with E-state index in [4.69, 9.17) is 32.7 Å². The summed E-state index contributed by atoms with van der Waals surface area (Å²) in [5.41, 5.74) is 1.71. The number of halogens is 2. The van der Waals surface area contributed by atoms with Crippen LogP contribution in [0.5, 0.6) is 11.5 Å². The Kier molecular flexibility index (Phi) is 5.63. The molecule has 0 amide bonds. The lowest BCUT2D eigenvalue weighted by molar-refractivity contribution is -0.136. The van der Waals surface area contributed by atoms with Gasteiger partial charge in [-0.3, -0.25) is 4.79 Å². The van der Waals surface area contributed by atoms with Crippen LogP contribution in [0, 0.1) is 6.92 Å². The van der Waals surface area contributed by atoms with Gasteiger partial charge in [-0.15, -0.1) is 0 Å². The number of rotatable bonds is 5. The molecule has 1 heterocycles. The number of ketones is 1. The number of esters is 1. The van der Waals surface area contributed by atoms with Crippen LogP contribution in [0.25, 0.3) is 10.9 Å². The number of Topliss-reactive ketones (excluding diaryl/α,β-unsaturated/α-hetero) is 1. The van der Waals surface area contributed by atoms with Crippen LogP contribution in [0.4, 0.5) is 0 Å². The Morgan fingerprint density at radius 2 is 1.74 bits per heavy atom. The van der Waals surface area contributed by atoms with Crippen molar-refractivity contribution in [2.45, 2.75) is 13.8 Å². The van der Waals surface area contributed by atoms with Crippen molar-refractivity contribution in [3.05, 3.63) is 63.8 Å². The number of benzene rings is 2. The van der Waals surface area contributed by atoms with Crippen LogP contribution < -0.4 is 9.47 Å². The van der Waals surface area contributed by atoms with Gasteiger partial charge in [-0.2, -0.15) is 0 Å². The van der Waals surface area contributed by atoms with E-state index >= 15 is 0 Å². The third-order valence-electron chi connectivity index (χ3n) is 3.81. The van der Waals surface area contributed by atoms with Crippen molar-refractivity contribution >= 4 is 45.9 Å². The van der Waals surface area contributed by atoms with Gasteiger partial charge >= 0.3 is 5.97 Å². The van der Waals surface area contributed by atoms with Crippen LogP contribution in [0.3, 0.4) is 0 Å². The molecule has 0 N–H and O–H groups in total. The van der Waals surface area contributed by atoms with Crippen LogP contribution in [0.1, 0.15) is 23.0 Å². The summed E-state index contributed by atoms with van der Waals surface area (Å²) in [5, 5.41) is 1.24.